The maximum atomic E-state index is 9.26. The SMILES string of the molecule is CCC(=O)[O-].CCCC[P+](CCCC)(CCCC)C(C)C. The first kappa shape index (κ1) is 23.2. The van der Waals surface area contributed by atoms with E-state index in [-0.39, 0.29) is 6.42 Å². The van der Waals surface area contributed by atoms with Crippen molar-refractivity contribution in [1.29, 1.82) is 0 Å². The van der Waals surface area contributed by atoms with E-state index in [9.17, 15) is 9.90 Å². The molecule has 0 amide bonds. The van der Waals surface area contributed by atoms with Gasteiger partial charge in [0.15, 0.2) is 0 Å². The lowest BCUT2D eigenvalue weighted by Crippen LogP contribution is -2.19. The van der Waals surface area contributed by atoms with E-state index in [1.807, 2.05) is 0 Å². The molecule has 0 aliphatic heterocycles. The summed E-state index contributed by atoms with van der Waals surface area (Å²) in [4.78, 5) is 9.26. The van der Waals surface area contributed by atoms with Crippen LogP contribution < -0.4 is 5.11 Å². The van der Waals surface area contributed by atoms with Gasteiger partial charge in [-0.25, -0.2) is 0 Å². The highest BCUT2D eigenvalue weighted by Gasteiger charge is 2.38. The molecular formula is C18H39O2P. The molecule has 2 nitrogen and oxygen atoms in total. The zero-order valence-electron chi connectivity index (χ0n) is 15.4. The number of hydrogen-bond acceptors (Lipinski definition) is 2. The zero-order valence-corrected chi connectivity index (χ0v) is 16.3. The Hall–Kier alpha value is -0.100. The molecule has 0 rings (SSSR count). The minimum Gasteiger partial charge on any atom is -0.550 e. The third kappa shape index (κ3) is 12.2. The van der Waals surface area contributed by atoms with Crippen molar-refractivity contribution >= 4 is 13.2 Å². The molecule has 0 aromatic heterocycles. The standard InChI is InChI=1S/C15H34P.C3H6O2/c1-6-9-12-16(15(4)5,13-10-7-2)14-11-8-3;1-2-3(4)5/h15H,6-14H2,1-5H3;2H2,1H3,(H,4,5)/q+1;/p-1. The summed E-state index contributed by atoms with van der Waals surface area (Å²) < 4.78 is 0. The number of unbranched alkanes of at least 4 members (excludes halogenated alkanes) is 3. The van der Waals surface area contributed by atoms with Crippen molar-refractivity contribution in [3.8, 4) is 0 Å². The average molecular weight is 318 g/mol. The van der Waals surface area contributed by atoms with Crippen molar-refractivity contribution < 1.29 is 9.90 Å². The predicted molar refractivity (Wildman–Crippen MR) is 96.7 cm³/mol. The minimum atomic E-state index is -0.995. The molecule has 0 bridgehead atoms. The van der Waals surface area contributed by atoms with E-state index in [0.717, 1.165) is 5.66 Å². The van der Waals surface area contributed by atoms with Gasteiger partial charge in [0.05, 0.1) is 24.1 Å². The lowest BCUT2D eigenvalue weighted by molar-refractivity contribution is -0.305. The molecule has 0 aliphatic carbocycles. The molecule has 0 atom stereocenters. The average Bonchev–Trinajstić information content (AvgIpc) is 2.47. The molecule has 0 saturated heterocycles. The van der Waals surface area contributed by atoms with Gasteiger partial charge in [0.1, 0.15) is 0 Å². The highest BCUT2D eigenvalue weighted by molar-refractivity contribution is 7.76. The second-order valence-corrected chi connectivity index (χ2v) is 11.1. The van der Waals surface area contributed by atoms with E-state index >= 15 is 0 Å². The second-order valence-electron chi connectivity index (χ2n) is 6.27. The summed E-state index contributed by atoms with van der Waals surface area (Å²) in [6.45, 7) is 13.6. The van der Waals surface area contributed by atoms with Gasteiger partial charge in [-0.3, -0.25) is 0 Å². The Kier molecular flexibility index (Phi) is 16.4. The largest absolute Gasteiger partial charge is 0.550 e. The van der Waals surface area contributed by atoms with E-state index in [2.05, 4.69) is 34.6 Å². The van der Waals surface area contributed by atoms with E-state index in [0.29, 0.717) is 0 Å². The van der Waals surface area contributed by atoms with Gasteiger partial charge < -0.3 is 9.90 Å². The van der Waals surface area contributed by atoms with Crippen molar-refractivity contribution in [2.45, 2.75) is 92.1 Å². The lowest BCUT2D eigenvalue weighted by atomic mass is 10.4. The van der Waals surface area contributed by atoms with Crippen LogP contribution in [0.5, 0.6) is 0 Å². The Bertz CT molecular complexity index is 218. The highest BCUT2D eigenvalue weighted by Crippen LogP contribution is 2.64. The molecule has 0 spiro atoms. The van der Waals surface area contributed by atoms with Crippen LogP contribution in [0.3, 0.4) is 0 Å². The number of carboxylic acids is 1. The van der Waals surface area contributed by atoms with Gasteiger partial charge in [-0.05, 0) is 39.5 Å². The summed E-state index contributed by atoms with van der Waals surface area (Å²) in [6.07, 6.45) is 13.4. The first-order valence-electron chi connectivity index (χ1n) is 8.95. The monoisotopic (exact) mass is 318 g/mol. The molecule has 0 fully saturated rings. The van der Waals surface area contributed by atoms with Crippen molar-refractivity contribution in [2.75, 3.05) is 18.5 Å². The van der Waals surface area contributed by atoms with Crippen molar-refractivity contribution in [2.24, 2.45) is 0 Å². The Labute approximate surface area is 134 Å². The van der Waals surface area contributed by atoms with Crippen LogP contribution in [0.2, 0.25) is 0 Å². The van der Waals surface area contributed by atoms with E-state index < -0.39 is 13.2 Å². The molecular weight excluding hydrogens is 279 g/mol. The van der Waals surface area contributed by atoms with E-state index in [1.54, 1.807) is 18.5 Å². The van der Waals surface area contributed by atoms with Gasteiger partial charge in [-0.2, -0.15) is 0 Å². The van der Waals surface area contributed by atoms with Crippen LogP contribution in [0.25, 0.3) is 0 Å². The van der Waals surface area contributed by atoms with Crippen LogP contribution in [-0.2, 0) is 4.79 Å². The molecule has 0 N–H and O–H groups in total. The van der Waals surface area contributed by atoms with Crippen molar-refractivity contribution in [3.63, 3.8) is 0 Å². The maximum Gasteiger partial charge on any atom is 0.0641 e. The highest BCUT2D eigenvalue weighted by atomic mass is 31.2. The first-order chi connectivity index (χ1) is 9.90. The van der Waals surface area contributed by atoms with Crippen LogP contribution in [-0.4, -0.2) is 30.1 Å². The Morgan fingerprint density at radius 2 is 1.14 bits per heavy atom. The molecule has 0 unspecified atom stereocenters. The smallest absolute Gasteiger partial charge is 0.0641 e. The molecule has 0 aliphatic rings. The van der Waals surface area contributed by atoms with Gasteiger partial charge in [0.2, 0.25) is 0 Å². The fourth-order valence-corrected chi connectivity index (χ4v) is 7.59. The fraction of sp³-hybridized carbons (Fsp3) is 0.944. The molecule has 0 aromatic carbocycles. The molecule has 21 heavy (non-hydrogen) atoms. The zero-order chi connectivity index (χ0) is 16.7. The van der Waals surface area contributed by atoms with Gasteiger partial charge in [-0.1, -0.05) is 47.0 Å². The van der Waals surface area contributed by atoms with Gasteiger partial charge in [0.25, 0.3) is 0 Å². The molecule has 0 radical (unpaired) electrons. The van der Waals surface area contributed by atoms with Crippen LogP contribution in [0, 0.1) is 0 Å². The summed E-state index contributed by atoms with van der Waals surface area (Å²) in [5, 5.41) is 9.26. The normalized spacial score (nSPS) is 11.2. The number of carbonyl (C=O) groups is 1. The van der Waals surface area contributed by atoms with E-state index in [4.69, 9.17) is 0 Å². The third-order valence-electron chi connectivity index (χ3n) is 4.26. The van der Waals surface area contributed by atoms with Gasteiger partial charge >= 0.3 is 0 Å². The number of carbonyl (C=O) groups excluding carboxylic acids is 1. The van der Waals surface area contributed by atoms with Crippen LogP contribution in [0.1, 0.15) is 86.5 Å². The second kappa shape index (κ2) is 14.8. The summed E-state index contributed by atoms with van der Waals surface area (Å²) in [7, 11) is -0.618. The summed E-state index contributed by atoms with van der Waals surface area (Å²) in [5.41, 5.74) is 0.970. The molecule has 0 heterocycles. The first-order valence-corrected chi connectivity index (χ1v) is 11.4. The maximum absolute atomic E-state index is 9.26. The Morgan fingerprint density at radius 1 is 0.857 bits per heavy atom. The van der Waals surface area contributed by atoms with Crippen LogP contribution in [0.4, 0.5) is 0 Å². The predicted octanol–water partition coefficient (Wildman–Crippen LogP) is 4.96. The quantitative estimate of drug-likeness (QED) is 0.505. The van der Waals surface area contributed by atoms with Crippen molar-refractivity contribution in [3.05, 3.63) is 0 Å². The summed E-state index contributed by atoms with van der Waals surface area (Å²) in [5.74, 6) is -0.995. The molecule has 0 aromatic rings. The topological polar surface area (TPSA) is 40.1 Å². The molecule has 128 valence electrons. The summed E-state index contributed by atoms with van der Waals surface area (Å²) >= 11 is 0. The van der Waals surface area contributed by atoms with Gasteiger partial charge in [0, 0.05) is 13.2 Å². The third-order valence-corrected chi connectivity index (χ3v) is 10.1. The Morgan fingerprint density at radius 3 is 1.29 bits per heavy atom. The van der Waals surface area contributed by atoms with Crippen molar-refractivity contribution in [1.82, 2.24) is 0 Å². The minimum absolute atomic E-state index is 0.111. The molecule has 0 saturated carbocycles. The summed E-state index contributed by atoms with van der Waals surface area (Å²) in [6, 6.07) is 0. The number of rotatable bonds is 11. The van der Waals surface area contributed by atoms with E-state index in [1.165, 1.54) is 45.4 Å². The lowest BCUT2D eigenvalue weighted by Gasteiger charge is -2.31. The number of carboxylic acid groups (broad SMARTS) is 1. The van der Waals surface area contributed by atoms with Crippen LogP contribution in [0.15, 0.2) is 0 Å². The van der Waals surface area contributed by atoms with Crippen LogP contribution >= 0.6 is 7.26 Å². The fourth-order valence-electron chi connectivity index (χ4n) is 2.53. The molecule has 3 heteroatoms. The number of hydrogen-bond donors (Lipinski definition) is 0. The number of aliphatic carboxylic acids is 1. The van der Waals surface area contributed by atoms with Gasteiger partial charge in [-0.15, -0.1) is 0 Å². The Balaban J connectivity index is 0.